The third-order valence-corrected chi connectivity index (χ3v) is 1.54. The molecular formula is C6HN3O7. The summed E-state index contributed by atoms with van der Waals surface area (Å²) in [6, 6.07) is 0. The second kappa shape index (κ2) is 3.71. The smallest absolute Gasteiger partial charge is 0.274 e. The van der Waals surface area contributed by atoms with E-state index < -0.39 is 37.6 Å². The maximum absolute atomic E-state index is 11.1. The van der Waals surface area contributed by atoms with Gasteiger partial charge in [0.2, 0.25) is 0 Å². The van der Waals surface area contributed by atoms with Crippen molar-refractivity contribution >= 4 is 5.78 Å². The summed E-state index contributed by atoms with van der Waals surface area (Å²) >= 11 is 0. The van der Waals surface area contributed by atoms with Gasteiger partial charge in [0.15, 0.2) is 0 Å². The average molecular weight is 227 g/mol. The highest BCUT2D eigenvalue weighted by molar-refractivity contribution is 6.05. The largest absolute Gasteiger partial charge is 0.372 e. The fraction of sp³-hybridized carbons (Fsp3) is 0. The van der Waals surface area contributed by atoms with E-state index in [4.69, 9.17) is 0 Å². The Balaban J connectivity index is 3.48. The molecule has 10 heteroatoms. The Kier molecular flexibility index (Phi) is 2.60. The third kappa shape index (κ3) is 1.81. The molecule has 0 heterocycles. The van der Waals surface area contributed by atoms with Gasteiger partial charge in [-0.1, -0.05) is 0 Å². The maximum Gasteiger partial charge on any atom is 0.372 e. The average Bonchev–Trinajstić information content (AvgIpc) is 2.16. The molecule has 0 aromatic carbocycles. The number of hydrogen-bond donors (Lipinski definition) is 0. The molecule has 0 bridgehead atoms. The summed E-state index contributed by atoms with van der Waals surface area (Å²) in [4.78, 5) is 38.4. The molecule has 0 N–H and O–H groups in total. The lowest BCUT2D eigenvalue weighted by atomic mass is 10.1. The molecule has 0 spiro atoms. The van der Waals surface area contributed by atoms with E-state index in [-0.39, 0.29) is 0 Å². The Bertz CT molecular complexity index is 522. The van der Waals surface area contributed by atoms with Crippen LogP contribution in [-0.2, 0) is 4.79 Å². The fourth-order valence-corrected chi connectivity index (χ4v) is 0.893. The van der Waals surface area contributed by atoms with Crippen LogP contribution >= 0.6 is 0 Å². The summed E-state index contributed by atoms with van der Waals surface area (Å²) in [5, 5.41) is 30.9. The Morgan fingerprint density at radius 2 is 1.56 bits per heavy atom. The molecular weight excluding hydrogens is 226 g/mol. The number of Topliss-reactive ketones (excluding diaryl/α,β-unsaturated/α-hetero) is 1. The SMILES string of the molecule is O=C1C([N+](=O)[O-])=C=C([N+](=O)[O-])C=C1[N+](=O)[O-]. The minimum absolute atomic E-state index is 0.329. The monoisotopic (exact) mass is 227 g/mol. The van der Waals surface area contributed by atoms with Gasteiger partial charge in [0.25, 0.3) is 0 Å². The minimum Gasteiger partial charge on any atom is -0.274 e. The van der Waals surface area contributed by atoms with Crippen molar-refractivity contribution in [3.63, 3.8) is 0 Å². The predicted molar refractivity (Wildman–Crippen MR) is 44.6 cm³/mol. The molecule has 0 fully saturated rings. The molecule has 0 saturated heterocycles. The number of hydrogen-bond acceptors (Lipinski definition) is 7. The zero-order valence-electron chi connectivity index (χ0n) is 7.28. The number of nitro groups is 3. The van der Waals surface area contributed by atoms with E-state index >= 15 is 0 Å². The standard InChI is InChI=1S/C6HN3O7/c10-6-4(8(13)14)1-3(7(11)12)2-5(6)9(15)16/h1H. The van der Waals surface area contributed by atoms with Crippen molar-refractivity contribution in [3.05, 3.63) is 59.2 Å². The van der Waals surface area contributed by atoms with Gasteiger partial charge in [-0.15, -0.1) is 0 Å². The molecule has 0 amide bonds. The highest BCUT2D eigenvalue weighted by Crippen LogP contribution is 2.16. The normalized spacial score (nSPS) is 14.8. The van der Waals surface area contributed by atoms with Crippen molar-refractivity contribution in [2.24, 2.45) is 0 Å². The second-order valence-electron chi connectivity index (χ2n) is 2.49. The van der Waals surface area contributed by atoms with Gasteiger partial charge >= 0.3 is 22.9 Å². The first-order valence-electron chi connectivity index (χ1n) is 3.55. The van der Waals surface area contributed by atoms with Crippen molar-refractivity contribution in [2.45, 2.75) is 0 Å². The van der Waals surface area contributed by atoms with Crippen molar-refractivity contribution in [1.29, 1.82) is 0 Å². The lowest BCUT2D eigenvalue weighted by Crippen LogP contribution is -2.21. The van der Waals surface area contributed by atoms with Crippen LogP contribution in [0.1, 0.15) is 0 Å². The minimum atomic E-state index is -1.51. The molecule has 1 rings (SSSR count). The van der Waals surface area contributed by atoms with Crippen molar-refractivity contribution in [1.82, 2.24) is 0 Å². The summed E-state index contributed by atoms with van der Waals surface area (Å²) in [5.74, 6) is -1.51. The van der Waals surface area contributed by atoms with Crippen LogP contribution in [0.3, 0.4) is 0 Å². The molecule has 1 aliphatic rings. The second-order valence-corrected chi connectivity index (χ2v) is 2.49. The number of nitrogens with zero attached hydrogens (tertiary/aromatic N) is 3. The number of carbonyl (C=O) groups excluding carboxylic acids is 1. The van der Waals surface area contributed by atoms with Gasteiger partial charge in [-0.25, -0.2) is 0 Å². The Labute approximate surface area is 85.6 Å². The first-order valence-corrected chi connectivity index (χ1v) is 3.55. The van der Waals surface area contributed by atoms with E-state index in [0.717, 1.165) is 0 Å². The first kappa shape index (κ1) is 11.2. The molecule has 1 aliphatic carbocycles. The van der Waals surface area contributed by atoms with Crippen molar-refractivity contribution < 1.29 is 19.6 Å². The molecule has 10 nitrogen and oxygen atoms in total. The van der Waals surface area contributed by atoms with Crippen LogP contribution < -0.4 is 0 Å². The van der Waals surface area contributed by atoms with Gasteiger partial charge < -0.3 is 0 Å². The van der Waals surface area contributed by atoms with E-state index in [0.29, 0.717) is 6.08 Å². The van der Waals surface area contributed by atoms with Gasteiger partial charge in [-0.3, -0.25) is 35.1 Å². The molecule has 82 valence electrons. The molecule has 0 aliphatic heterocycles. The number of rotatable bonds is 3. The molecule has 0 saturated carbocycles. The number of ketones is 1. The summed E-state index contributed by atoms with van der Waals surface area (Å²) in [6.07, 6.45) is 0.329. The maximum atomic E-state index is 11.1. The first-order chi connectivity index (χ1) is 7.34. The van der Waals surface area contributed by atoms with Crippen LogP contribution in [0.2, 0.25) is 0 Å². The summed E-state index contributed by atoms with van der Waals surface area (Å²) in [6.45, 7) is 0. The molecule has 0 atom stereocenters. The summed E-state index contributed by atoms with van der Waals surface area (Å²) < 4.78 is 0. The van der Waals surface area contributed by atoms with E-state index in [1.165, 1.54) is 0 Å². The van der Waals surface area contributed by atoms with Crippen LogP contribution in [0.4, 0.5) is 0 Å². The van der Waals surface area contributed by atoms with Crippen LogP contribution in [0.25, 0.3) is 0 Å². The zero-order valence-corrected chi connectivity index (χ0v) is 7.28. The molecule has 0 unspecified atom stereocenters. The quantitative estimate of drug-likeness (QED) is 0.363. The third-order valence-electron chi connectivity index (χ3n) is 1.54. The van der Waals surface area contributed by atoms with E-state index in [1.54, 1.807) is 5.73 Å². The van der Waals surface area contributed by atoms with Gasteiger partial charge in [0, 0.05) is 0 Å². The highest BCUT2D eigenvalue weighted by Gasteiger charge is 2.39. The molecule has 16 heavy (non-hydrogen) atoms. The lowest BCUT2D eigenvalue weighted by molar-refractivity contribution is -0.442. The summed E-state index contributed by atoms with van der Waals surface area (Å²) in [7, 11) is 0. The predicted octanol–water partition coefficient (Wildman–Crippen LogP) is -0.350. The van der Waals surface area contributed by atoms with Crippen molar-refractivity contribution in [3.8, 4) is 0 Å². The molecule has 0 aromatic rings. The Hall–Kier alpha value is -2.87. The van der Waals surface area contributed by atoms with Crippen LogP contribution in [0, 0.1) is 30.3 Å². The fourth-order valence-electron chi connectivity index (χ4n) is 0.893. The van der Waals surface area contributed by atoms with E-state index in [2.05, 4.69) is 0 Å². The molecule has 0 aromatic heterocycles. The Morgan fingerprint density at radius 1 is 1.00 bits per heavy atom. The summed E-state index contributed by atoms with van der Waals surface area (Å²) in [5.41, 5.74) is -1.95. The topological polar surface area (TPSA) is 146 Å². The van der Waals surface area contributed by atoms with Crippen LogP contribution in [-0.4, -0.2) is 20.6 Å². The Morgan fingerprint density at radius 3 is 1.94 bits per heavy atom. The number of carbonyl (C=O) groups is 1. The van der Waals surface area contributed by atoms with Crippen LogP contribution in [0.15, 0.2) is 28.9 Å². The van der Waals surface area contributed by atoms with Gasteiger partial charge in [0.1, 0.15) is 6.08 Å². The van der Waals surface area contributed by atoms with Gasteiger partial charge in [0.05, 0.1) is 20.5 Å². The molecule has 0 radical (unpaired) electrons. The van der Waals surface area contributed by atoms with Crippen molar-refractivity contribution in [2.75, 3.05) is 0 Å². The van der Waals surface area contributed by atoms with Gasteiger partial charge in [-0.2, -0.15) is 0 Å². The lowest BCUT2D eigenvalue weighted by Gasteiger charge is -1.97. The highest BCUT2D eigenvalue weighted by atomic mass is 16.6. The zero-order chi connectivity index (χ0) is 12.5. The van der Waals surface area contributed by atoms with E-state index in [9.17, 15) is 35.1 Å². The van der Waals surface area contributed by atoms with Crippen LogP contribution in [0.5, 0.6) is 0 Å². The van der Waals surface area contributed by atoms with E-state index in [1.807, 2.05) is 0 Å². The van der Waals surface area contributed by atoms with Gasteiger partial charge in [-0.05, 0) is 0 Å².